The monoisotopic (exact) mass is 408 g/mol. The number of unbranched alkanes of at least 4 members (excludes halogenated alkanes) is 13. The molecule has 0 atom stereocenters. The Morgan fingerprint density at radius 3 is 1.80 bits per heavy atom. The molecule has 2 nitrogen and oxygen atoms in total. The summed E-state index contributed by atoms with van der Waals surface area (Å²) in [5, 5.41) is 0. The van der Waals surface area contributed by atoms with Crippen molar-refractivity contribution in [2.45, 2.75) is 96.8 Å². The molecule has 0 aliphatic heterocycles. The first-order valence-corrected chi connectivity index (χ1v) is 12.2. The predicted molar refractivity (Wildman–Crippen MR) is 128 cm³/mol. The van der Waals surface area contributed by atoms with Crippen molar-refractivity contribution in [3.8, 4) is 0 Å². The van der Waals surface area contributed by atoms with Gasteiger partial charge in [-0.25, -0.2) is 4.79 Å². The minimum absolute atomic E-state index is 0.220. The summed E-state index contributed by atoms with van der Waals surface area (Å²) < 4.78 is 5.42. The van der Waals surface area contributed by atoms with Crippen molar-refractivity contribution >= 4 is 11.5 Å². The molecular formula is C28H40O2. The lowest BCUT2D eigenvalue weighted by atomic mass is 10.0. The molecule has 0 N–H and O–H groups in total. The number of ether oxygens (including phenoxy) is 1. The van der Waals surface area contributed by atoms with Crippen LogP contribution in [0.5, 0.6) is 0 Å². The molecule has 1 aliphatic rings. The van der Waals surface area contributed by atoms with Gasteiger partial charge in [0.2, 0.25) is 0 Å². The minimum atomic E-state index is -0.220. The molecular weight excluding hydrogens is 368 g/mol. The molecule has 0 bridgehead atoms. The highest BCUT2D eigenvalue weighted by Crippen LogP contribution is 2.19. The molecule has 0 radical (unpaired) electrons. The zero-order valence-corrected chi connectivity index (χ0v) is 19.0. The highest BCUT2D eigenvalue weighted by molar-refractivity contribution is 5.90. The molecule has 2 rings (SSSR count). The maximum absolute atomic E-state index is 12.1. The van der Waals surface area contributed by atoms with Gasteiger partial charge in [-0.3, -0.25) is 0 Å². The van der Waals surface area contributed by atoms with E-state index in [4.69, 9.17) is 4.74 Å². The number of carbonyl (C=O) groups excluding carboxylic acids is 1. The standard InChI is InChI=1S/C28H40O2/c1-2-3-4-5-6-7-8-9-10-11-12-13-14-17-24-30-28(29)27-22-20-26(21-23-27)25-18-15-16-19-25/h15-16,18,20-23H,2-14,17,24H2,1H3. The molecule has 1 aromatic carbocycles. The molecule has 1 aromatic rings. The number of hydrogen-bond donors (Lipinski definition) is 0. The van der Waals surface area contributed by atoms with Crippen molar-refractivity contribution in [2.75, 3.05) is 6.61 Å². The van der Waals surface area contributed by atoms with Gasteiger partial charge in [0, 0.05) is 5.57 Å². The van der Waals surface area contributed by atoms with Crippen LogP contribution in [0.25, 0.3) is 5.57 Å². The Bertz CT molecular complexity index is 690. The van der Waals surface area contributed by atoms with E-state index in [1.807, 2.05) is 42.5 Å². The van der Waals surface area contributed by atoms with E-state index in [0.717, 1.165) is 24.0 Å². The summed E-state index contributed by atoms with van der Waals surface area (Å²) in [4.78, 5) is 12.1. The van der Waals surface area contributed by atoms with Crippen LogP contribution in [-0.4, -0.2) is 12.6 Å². The number of allylic oxidation sites excluding steroid dienone is 3. The molecule has 0 saturated carbocycles. The zero-order chi connectivity index (χ0) is 21.3. The average molecular weight is 409 g/mol. The first kappa shape index (κ1) is 24.2. The van der Waals surface area contributed by atoms with Crippen LogP contribution in [0.4, 0.5) is 0 Å². The maximum atomic E-state index is 12.1. The second-order valence-electron chi connectivity index (χ2n) is 8.39. The van der Waals surface area contributed by atoms with E-state index in [9.17, 15) is 4.79 Å². The molecule has 0 unspecified atom stereocenters. The third kappa shape index (κ3) is 10.1. The van der Waals surface area contributed by atoms with Crippen LogP contribution in [-0.2, 0) is 4.74 Å². The van der Waals surface area contributed by atoms with Gasteiger partial charge in [-0.2, -0.15) is 0 Å². The topological polar surface area (TPSA) is 26.3 Å². The Morgan fingerprint density at radius 2 is 1.30 bits per heavy atom. The first-order chi connectivity index (χ1) is 14.8. The summed E-state index contributed by atoms with van der Waals surface area (Å²) in [6.45, 7) is 2.80. The van der Waals surface area contributed by atoms with Crippen molar-refractivity contribution in [3.63, 3.8) is 0 Å². The van der Waals surface area contributed by atoms with Gasteiger partial charge in [-0.1, -0.05) is 109 Å². The maximum Gasteiger partial charge on any atom is 0.338 e. The number of esters is 1. The lowest BCUT2D eigenvalue weighted by Crippen LogP contribution is -2.06. The first-order valence-electron chi connectivity index (χ1n) is 12.2. The van der Waals surface area contributed by atoms with Crippen LogP contribution in [0.3, 0.4) is 0 Å². The number of rotatable bonds is 17. The average Bonchev–Trinajstić information content (AvgIpc) is 3.31. The molecule has 30 heavy (non-hydrogen) atoms. The Hall–Kier alpha value is -2.05. The SMILES string of the molecule is CCCCCCCCCCCCCCCCOC(=O)c1ccc(C2=C=CC=C2)cc1. The van der Waals surface area contributed by atoms with E-state index in [2.05, 4.69) is 12.7 Å². The van der Waals surface area contributed by atoms with E-state index >= 15 is 0 Å². The smallest absolute Gasteiger partial charge is 0.338 e. The zero-order valence-electron chi connectivity index (χ0n) is 19.0. The number of hydrogen-bond acceptors (Lipinski definition) is 2. The Balaban J connectivity index is 1.40. The Morgan fingerprint density at radius 1 is 0.767 bits per heavy atom. The van der Waals surface area contributed by atoms with E-state index in [1.165, 1.54) is 77.0 Å². The van der Waals surface area contributed by atoms with Gasteiger partial charge in [0.1, 0.15) is 0 Å². The lowest BCUT2D eigenvalue weighted by molar-refractivity contribution is 0.0497. The van der Waals surface area contributed by atoms with Gasteiger partial charge in [0.05, 0.1) is 12.2 Å². The molecule has 1 aliphatic carbocycles. The van der Waals surface area contributed by atoms with Gasteiger partial charge in [0.15, 0.2) is 0 Å². The fourth-order valence-electron chi connectivity index (χ4n) is 3.84. The molecule has 0 saturated heterocycles. The molecule has 0 aromatic heterocycles. The van der Waals surface area contributed by atoms with Crippen molar-refractivity contribution in [3.05, 3.63) is 59.4 Å². The second-order valence-corrected chi connectivity index (χ2v) is 8.39. The van der Waals surface area contributed by atoms with Crippen LogP contribution in [0, 0.1) is 0 Å². The van der Waals surface area contributed by atoms with Crippen LogP contribution in [0.2, 0.25) is 0 Å². The highest BCUT2D eigenvalue weighted by Gasteiger charge is 2.08. The fourth-order valence-corrected chi connectivity index (χ4v) is 3.84. The summed E-state index contributed by atoms with van der Waals surface area (Å²) in [7, 11) is 0. The largest absolute Gasteiger partial charge is 0.462 e. The molecule has 164 valence electrons. The molecule has 0 fully saturated rings. The summed E-state index contributed by atoms with van der Waals surface area (Å²) in [5.74, 6) is -0.220. The number of carbonyl (C=O) groups is 1. The van der Waals surface area contributed by atoms with Gasteiger partial charge >= 0.3 is 5.97 Å². The molecule has 0 spiro atoms. The van der Waals surface area contributed by atoms with Gasteiger partial charge < -0.3 is 4.74 Å². The molecule has 0 heterocycles. The van der Waals surface area contributed by atoms with Crippen molar-refractivity contribution in [1.82, 2.24) is 0 Å². The third-order valence-electron chi connectivity index (χ3n) is 5.76. The fraction of sp³-hybridized carbons (Fsp3) is 0.571. The van der Waals surface area contributed by atoms with E-state index < -0.39 is 0 Å². The predicted octanol–water partition coefficient (Wildman–Crippen LogP) is 8.43. The van der Waals surface area contributed by atoms with Crippen LogP contribution >= 0.6 is 0 Å². The molecule has 2 heteroatoms. The van der Waals surface area contributed by atoms with Gasteiger partial charge in [-0.05, 0) is 36.3 Å². The summed E-state index contributed by atoms with van der Waals surface area (Å²) >= 11 is 0. The second kappa shape index (κ2) is 15.7. The van der Waals surface area contributed by atoms with Crippen molar-refractivity contribution < 1.29 is 9.53 Å². The third-order valence-corrected chi connectivity index (χ3v) is 5.76. The Labute approximate surface area is 184 Å². The summed E-state index contributed by atoms with van der Waals surface area (Å²) in [6.07, 6.45) is 24.5. The van der Waals surface area contributed by atoms with Gasteiger partial charge in [-0.15, -0.1) is 5.73 Å². The normalized spacial score (nSPS) is 12.4. The van der Waals surface area contributed by atoms with Crippen LogP contribution < -0.4 is 0 Å². The summed E-state index contributed by atoms with van der Waals surface area (Å²) in [5.41, 5.74) is 5.92. The van der Waals surface area contributed by atoms with Crippen molar-refractivity contribution in [1.29, 1.82) is 0 Å². The quantitative estimate of drug-likeness (QED) is 0.147. The molecule has 0 amide bonds. The highest BCUT2D eigenvalue weighted by atomic mass is 16.5. The van der Waals surface area contributed by atoms with E-state index in [0.29, 0.717) is 12.2 Å². The summed E-state index contributed by atoms with van der Waals surface area (Å²) in [6, 6.07) is 7.58. The minimum Gasteiger partial charge on any atom is -0.462 e. The van der Waals surface area contributed by atoms with E-state index in [-0.39, 0.29) is 5.97 Å². The number of benzene rings is 1. The van der Waals surface area contributed by atoms with Crippen molar-refractivity contribution in [2.24, 2.45) is 0 Å². The van der Waals surface area contributed by atoms with E-state index in [1.54, 1.807) is 0 Å². The van der Waals surface area contributed by atoms with Gasteiger partial charge in [0.25, 0.3) is 0 Å². The Kier molecular flexibility index (Phi) is 12.7. The lowest BCUT2D eigenvalue weighted by Gasteiger charge is -2.06. The van der Waals surface area contributed by atoms with Crippen LogP contribution in [0.1, 0.15) is 113 Å². The van der Waals surface area contributed by atoms with Crippen LogP contribution in [0.15, 0.2) is 48.2 Å².